The molecule has 0 spiro atoms. The first-order valence-electron chi connectivity index (χ1n) is 7.09. The Bertz CT molecular complexity index is 689. The van der Waals surface area contributed by atoms with Gasteiger partial charge in [-0.25, -0.2) is 0 Å². The Balaban J connectivity index is 1.49. The number of phenolic OH excluding ortho intramolecular Hbond substituents is 1. The molecule has 22 heavy (non-hydrogen) atoms. The largest absolute Gasteiger partial charge is 0.504 e. The predicted molar refractivity (Wildman–Crippen MR) is 84.3 cm³/mol. The summed E-state index contributed by atoms with van der Waals surface area (Å²) >= 11 is 5.97. The van der Waals surface area contributed by atoms with Crippen molar-refractivity contribution in [3.05, 3.63) is 59.1 Å². The van der Waals surface area contributed by atoms with Crippen molar-refractivity contribution in [2.45, 2.75) is 18.4 Å². The summed E-state index contributed by atoms with van der Waals surface area (Å²) in [5.74, 6) is 0.448. The molecule has 1 aliphatic rings. The van der Waals surface area contributed by atoms with Crippen LogP contribution in [0.15, 0.2) is 48.5 Å². The first-order valence-corrected chi connectivity index (χ1v) is 7.47. The van der Waals surface area contributed by atoms with Gasteiger partial charge in [-0.2, -0.15) is 0 Å². The zero-order chi connectivity index (χ0) is 15.5. The van der Waals surface area contributed by atoms with E-state index in [1.54, 1.807) is 18.2 Å². The number of hydrogen-bond acceptors (Lipinski definition) is 3. The summed E-state index contributed by atoms with van der Waals surface area (Å²) in [6, 6.07) is 14.4. The summed E-state index contributed by atoms with van der Waals surface area (Å²) in [5.41, 5.74) is 1.14. The lowest BCUT2D eigenvalue weighted by Gasteiger charge is -2.08. The number of carbonyl (C=O) groups excluding carboxylic acids is 1. The van der Waals surface area contributed by atoms with E-state index in [1.165, 1.54) is 6.07 Å². The molecule has 0 saturated heterocycles. The van der Waals surface area contributed by atoms with Crippen molar-refractivity contribution in [3.8, 4) is 11.5 Å². The van der Waals surface area contributed by atoms with Crippen LogP contribution in [-0.4, -0.2) is 23.7 Å². The maximum atomic E-state index is 11.9. The normalized spacial score (nSPS) is 19.5. The van der Waals surface area contributed by atoms with Gasteiger partial charge in [0.1, 0.15) is 0 Å². The van der Waals surface area contributed by atoms with Crippen molar-refractivity contribution in [1.29, 1.82) is 0 Å². The monoisotopic (exact) mass is 317 g/mol. The van der Waals surface area contributed by atoms with E-state index < -0.39 is 0 Å². The van der Waals surface area contributed by atoms with Gasteiger partial charge in [-0.1, -0.05) is 35.9 Å². The fourth-order valence-corrected chi connectivity index (χ4v) is 2.63. The Morgan fingerprint density at radius 1 is 1.27 bits per heavy atom. The SMILES string of the molecule is O=C(COc1ccccc1O)N[C@@H]1C[C@@H]1c1cccc(Cl)c1. The molecular formula is C17H16ClNO3. The standard InChI is InChI=1S/C17H16ClNO3/c18-12-5-3-4-11(8-12)13-9-14(13)19-17(21)10-22-16-7-2-1-6-15(16)20/h1-8,13-14,20H,9-10H2,(H,19,21)/t13-,14-/m1/s1. The van der Waals surface area contributed by atoms with E-state index in [4.69, 9.17) is 16.3 Å². The third-order valence-corrected chi connectivity index (χ3v) is 3.87. The van der Waals surface area contributed by atoms with Crippen molar-refractivity contribution >= 4 is 17.5 Å². The van der Waals surface area contributed by atoms with Crippen LogP contribution in [0.2, 0.25) is 5.02 Å². The molecule has 2 atom stereocenters. The quantitative estimate of drug-likeness (QED) is 0.891. The Labute approximate surface area is 133 Å². The fraction of sp³-hybridized carbons (Fsp3) is 0.235. The van der Waals surface area contributed by atoms with E-state index in [0.29, 0.717) is 16.7 Å². The number of ether oxygens (including phenoxy) is 1. The zero-order valence-electron chi connectivity index (χ0n) is 11.8. The molecule has 1 saturated carbocycles. The summed E-state index contributed by atoms with van der Waals surface area (Å²) in [6.45, 7) is -0.115. The lowest BCUT2D eigenvalue weighted by atomic mass is 10.1. The van der Waals surface area contributed by atoms with Gasteiger partial charge in [-0.05, 0) is 36.2 Å². The van der Waals surface area contributed by atoms with Gasteiger partial charge in [0.15, 0.2) is 18.1 Å². The molecular weight excluding hydrogens is 302 g/mol. The molecule has 0 heterocycles. The second-order valence-electron chi connectivity index (χ2n) is 5.33. The van der Waals surface area contributed by atoms with E-state index in [9.17, 15) is 9.90 Å². The maximum absolute atomic E-state index is 11.9. The van der Waals surface area contributed by atoms with Crippen molar-refractivity contribution in [2.75, 3.05) is 6.61 Å². The molecule has 2 aromatic rings. The minimum absolute atomic E-state index is 0.0264. The Hall–Kier alpha value is -2.20. The highest BCUT2D eigenvalue weighted by atomic mass is 35.5. The summed E-state index contributed by atoms with van der Waals surface area (Å²) in [4.78, 5) is 11.9. The van der Waals surface area contributed by atoms with Crippen LogP contribution in [0.1, 0.15) is 17.9 Å². The van der Waals surface area contributed by atoms with Gasteiger partial charge in [0, 0.05) is 17.0 Å². The van der Waals surface area contributed by atoms with Crippen molar-refractivity contribution < 1.29 is 14.6 Å². The zero-order valence-corrected chi connectivity index (χ0v) is 12.6. The lowest BCUT2D eigenvalue weighted by molar-refractivity contribution is -0.123. The van der Waals surface area contributed by atoms with Gasteiger partial charge in [0.25, 0.3) is 5.91 Å². The van der Waals surface area contributed by atoms with Gasteiger partial charge < -0.3 is 15.2 Å². The third kappa shape index (κ3) is 3.52. The minimum Gasteiger partial charge on any atom is -0.504 e. The predicted octanol–water partition coefficient (Wildman–Crippen LogP) is 3.10. The number of rotatable bonds is 5. The Morgan fingerprint density at radius 2 is 2.09 bits per heavy atom. The van der Waals surface area contributed by atoms with Gasteiger partial charge in [0.2, 0.25) is 0 Å². The summed E-state index contributed by atoms with van der Waals surface area (Å²) < 4.78 is 5.30. The molecule has 0 radical (unpaired) electrons. The molecule has 2 aromatic carbocycles. The highest BCUT2D eigenvalue weighted by Gasteiger charge is 2.39. The van der Waals surface area contributed by atoms with Gasteiger partial charge >= 0.3 is 0 Å². The second kappa shape index (κ2) is 6.28. The van der Waals surface area contributed by atoms with Gasteiger partial charge in [-0.15, -0.1) is 0 Å². The van der Waals surface area contributed by atoms with Crippen LogP contribution in [-0.2, 0) is 4.79 Å². The first-order chi connectivity index (χ1) is 10.6. The topological polar surface area (TPSA) is 58.6 Å². The molecule has 1 fully saturated rings. The molecule has 114 valence electrons. The summed E-state index contributed by atoms with van der Waals surface area (Å²) in [5, 5.41) is 13.2. The number of benzene rings is 2. The van der Waals surface area contributed by atoms with Crippen molar-refractivity contribution in [2.24, 2.45) is 0 Å². The van der Waals surface area contributed by atoms with Crippen molar-refractivity contribution in [1.82, 2.24) is 5.32 Å². The number of para-hydroxylation sites is 2. The number of halogens is 1. The number of nitrogens with one attached hydrogen (secondary N) is 1. The van der Waals surface area contributed by atoms with E-state index in [2.05, 4.69) is 5.32 Å². The maximum Gasteiger partial charge on any atom is 0.258 e. The molecule has 1 amide bonds. The highest BCUT2D eigenvalue weighted by molar-refractivity contribution is 6.30. The van der Waals surface area contributed by atoms with Crippen LogP contribution in [0, 0.1) is 0 Å². The Kier molecular flexibility index (Phi) is 4.20. The van der Waals surface area contributed by atoms with E-state index in [1.807, 2.05) is 24.3 Å². The summed E-state index contributed by atoms with van der Waals surface area (Å²) in [6.07, 6.45) is 0.905. The molecule has 0 bridgehead atoms. The number of hydrogen-bond donors (Lipinski definition) is 2. The smallest absolute Gasteiger partial charge is 0.258 e. The van der Waals surface area contributed by atoms with Crippen LogP contribution in [0.4, 0.5) is 0 Å². The van der Waals surface area contributed by atoms with E-state index in [-0.39, 0.29) is 24.3 Å². The van der Waals surface area contributed by atoms with Crippen LogP contribution in [0.25, 0.3) is 0 Å². The van der Waals surface area contributed by atoms with E-state index >= 15 is 0 Å². The summed E-state index contributed by atoms with van der Waals surface area (Å²) in [7, 11) is 0. The molecule has 0 aromatic heterocycles. The van der Waals surface area contributed by atoms with Gasteiger partial charge in [-0.3, -0.25) is 4.79 Å². The van der Waals surface area contributed by atoms with Crippen molar-refractivity contribution in [3.63, 3.8) is 0 Å². The minimum atomic E-state index is -0.196. The molecule has 0 unspecified atom stereocenters. The van der Waals surface area contributed by atoms with Gasteiger partial charge in [0.05, 0.1) is 0 Å². The van der Waals surface area contributed by atoms with Crippen LogP contribution < -0.4 is 10.1 Å². The third-order valence-electron chi connectivity index (χ3n) is 3.64. The fourth-order valence-electron chi connectivity index (χ4n) is 2.43. The van der Waals surface area contributed by atoms with Crippen LogP contribution in [0.3, 0.4) is 0 Å². The van der Waals surface area contributed by atoms with Crippen LogP contribution in [0.5, 0.6) is 11.5 Å². The highest BCUT2D eigenvalue weighted by Crippen LogP contribution is 2.41. The number of amides is 1. The lowest BCUT2D eigenvalue weighted by Crippen LogP contribution is -2.31. The number of carbonyl (C=O) groups is 1. The molecule has 0 aliphatic heterocycles. The first kappa shape index (κ1) is 14.7. The number of phenols is 1. The average Bonchev–Trinajstić information content (AvgIpc) is 3.25. The van der Waals surface area contributed by atoms with E-state index in [0.717, 1.165) is 12.0 Å². The average molecular weight is 318 g/mol. The van der Waals surface area contributed by atoms with Crippen LogP contribution >= 0.6 is 11.6 Å². The number of aromatic hydroxyl groups is 1. The molecule has 1 aliphatic carbocycles. The molecule has 3 rings (SSSR count). The Morgan fingerprint density at radius 3 is 2.86 bits per heavy atom. The molecule has 4 nitrogen and oxygen atoms in total. The second-order valence-corrected chi connectivity index (χ2v) is 5.76. The molecule has 5 heteroatoms. The molecule has 2 N–H and O–H groups in total.